The topological polar surface area (TPSA) is 96.5 Å². The number of nitrogens with one attached hydrogen (secondary N) is 3. The Labute approximate surface area is 168 Å². The van der Waals surface area contributed by atoms with Crippen LogP contribution in [-0.2, 0) is 20.7 Å². The van der Waals surface area contributed by atoms with E-state index >= 15 is 0 Å². The third kappa shape index (κ3) is 12.0. The molecule has 0 heterocycles. The molecule has 0 saturated carbocycles. The second kappa shape index (κ2) is 11.6. The number of hydrogen-bond acceptors (Lipinski definition) is 4. The van der Waals surface area contributed by atoms with Gasteiger partial charge in [-0.15, -0.1) is 0 Å². The van der Waals surface area contributed by atoms with Crippen LogP contribution in [0.3, 0.4) is 0 Å². The van der Waals surface area contributed by atoms with Gasteiger partial charge in [0.2, 0.25) is 11.8 Å². The van der Waals surface area contributed by atoms with Gasteiger partial charge in [0.1, 0.15) is 5.60 Å². The third-order valence-electron chi connectivity index (χ3n) is 3.30. The zero-order chi connectivity index (χ0) is 20.3. The molecule has 3 N–H and O–H groups in total. The van der Waals surface area contributed by atoms with E-state index in [4.69, 9.17) is 4.74 Å². The van der Waals surface area contributed by atoms with Gasteiger partial charge >= 0.3 is 6.09 Å². The lowest BCUT2D eigenvalue weighted by molar-refractivity contribution is -0.121. The van der Waals surface area contributed by atoms with Gasteiger partial charge in [-0.25, -0.2) is 4.79 Å². The molecule has 0 saturated heterocycles. The van der Waals surface area contributed by atoms with Gasteiger partial charge in [0, 0.05) is 30.5 Å². The first kappa shape index (κ1) is 23.0. The molecular weight excluding hydrogens is 414 g/mol. The van der Waals surface area contributed by atoms with Crippen LogP contribution in [0.2, 0.25) is 0 Å². The first-order valence-corrected chi connectivity index (χ1v) is 9.70. The predicted octanol–water partition coefficient (Wildman–Crippen LogP) is 2.53. The molecule has 150 valence electrons. The highest BCUT2D eigenvalue weighted by Gasteiger charge is 2.15. The Kier molecular flexibility index (Phi) is 9.85. The van der Waals surface area contributed by atoms with Crippen LogP contribution in [0, 0.1) is 0 Å². The summed E-state index contributed by atoms with van der Waals surface area (Å²) in [7, 11) is 0. The van der Waals surface area contributed by atoms with Crippen LogP contribution in [0.15, 0.2) is 28.7 Å². The number of ether oxygens (including phenoxy) is 1. The summed E-state index contributed by atoms with van der Waals surface area (Å²) in [4.78, 5) is 35.0. The van der Waals surface area contributed by atoms with E-state index in [-0.39, 0.29) is 24.8 Å². The van der Waals surface area contributed by atoms with Gasteiger partial charge in [-0.05, 0) is 44.9 Å². The largest absolute Gasteiger partial charge is 0.444 e. The second-order valence-electron chi connectivity index (χ2n) is 7.04. The molecule has 0 bridgehead atoms. The summed E-state index contributed by atoms with van der Waals surface area (Å²) in [6, 6.07) is 7.59. The van der Waals surface area contributed by atoms with Crippen molar-refractivity contribution < 1.29 is 19.1 Å². The van der Waals surface area contributed by atoms with Gasteiger partial charge < -0.3 is 20.7 Å². The van der Waals surface area contributed by atoms with E-state index in [0.717, 1.165) is 10.0 Å². The molecule has 0 spiro atoms. The number of benzene rings is 1. The monoisotopic (exact) mass is 441 g/mol. The minimum atomic E-state index is -0.561. The Morgan fingerprint density at radius 3 is 2.11 bits per heavy atom. The zero-order valence-electron chi connectivity index (χ0n) is 16.1. The van der Waals surface area contributed by atoms with Crippen molar-refractivity contribution in [2.24, 2.45) is 0 Å². The molecule has 27 heavy (non-hydrogen) atoms. The summed E-state index contributed by atoms with van der Waals surface area (Å²) >= 11 is 3.35. The second-order valence-corrected chi connectivity index (χ2v) is 7.95. The van der Waals surface area contributed by atoms with Gasteiger partial charge in [0.05, 0.1) is 6.42 Å². The lowest BCUT2D eigenvalue weighted by Crippen LogP contribution is -2.35. The Morgan fingerprint density at radius 1 is 0.926 bits per heavy atom. The number of halogens is 1. The van der Waals surface area contributed by atoms with Crippen LogP contribution >= 0.6 is 15.9 Å². The van der Waals surface area contributed by atoms with Crippen molar-refractivity contribution in [2.75, 3.05) is 19.6 Å². The van der Waals surface area contributed by atoms with Crippen molar-refractivity contribution in [3.63, 3.8) is 0 Å². The van der Waals surface area contributed by atoms with Gasteiger partial charge in [-0.2, -0.15) is 0 Å². The fraction of sp³-hybridized carbons (Fsp3) is 0.526. The Morgan fingerprint density at radius 2 is 1.52 bits per heavy atom. The van der Waals surface area contributed by atoms with Crippen LogP contribution in [0.5, 0.6) is 0 Å². The number of hydrogen-bond donors (Lipinski definition) is 3. The molecular formula is C19H28BrN3O4. The van der Waals surface area contributed by atoms with E-state index in [9.17, 15) is 14.4 Å². The highest BCUT2D eigenvalue weighted by Crippen LogP contribution is 2.10. The quantitative estimate of drug-likeness (QED) is 0.512. The van der Waals surface area contributed by atoms with E-state index in [1.165, 1.54) is 0 Å². The molecule has 0 fully saturated rings. The molecule has 0 aromatic heterocycles. The third-order valence-corrected chi connectivity index (χ3v) is 3.82. The van der Waals surface area contributed by atoms with Crippen molar-refractivity contribution in [3.05, 3.63) is 34.3 Å². The summed E-state index contributed by atoms with van der Waals surface area (Å²) in [5.74, 6) is -0.211. The number of rotatable bonds is 9. The van der Waals surface area contributed by atoms with E-state index < -0.39 is 11.7 Å². The maximum atomic E-state index is 11.8. The first-order valence-electron chi connectivity index (χ1n) is 8.90. The molecule has 8 heteroatoms. The molecule has 3 amide bonds. The van der Waals surface area contributed by atoms with Gasteiger partial charge in [0.15, 0.2) is 0 Å². The lowest BCUT2D eigenvalue weighted by Gasteiger charge is -2.19. The maximum Gasteiger partial charge on any atom is 0.407 e. The molecule has 0 atom stereocenters. The van der Waals surface area contributed by atoms with Crippen LogP contribution in [0.1, 0.15) is 39.2 Å². The first-order chi connectivity index (χ1) is 12.7. The van der Waals surface area contributed by atoms with Gasteiger partial charge in [0.25, 0.3) is 0 Å². The maximum absolute atomic E-state index is 11.8. The number of alkyl carbamates (subject to hydrolysis) is 1. The predicted molar refractivity (Wildman–Crippen MR) is 107 cm³/mol. The molecule has 0 aliphatic heterocycles. The minimum Gasteiger partial charge on any atom is -0.444 e. The smallest absolute Gasteiger partial charge is 0.407 e. The molecule has 7 nitrogen and oxygen atoms in total. The average molecular weight is 442 g/mol. The minimum absolute atomic E-state index is 0.0507. The van der Waals surface area contributed by atoms with E-state index in [1.807, 2.05) is 24.3 Å². The summed E-state index contributed by atoms with van der Waals surface area (Å²) in [5.41, 5.74) is 0.384. The Hall–Kier alpha value is -2.09. The SMILES string of the molecule is CC(C)(C)OC(=O)NCCC(=O)NCCCNC(=O)Cc1ccc(Br)cc1. The van der Waals surface area contributed by atoms with Crippen molar-refractivity contribution in [2.45, 2.75) is 45.6 Å². The number of carbonyl (C=O) groups excluding carboxylic acids is 3. The molecule has 0 aliphatic carbocycles. The molecule has 0 aliphatic rings. The molecule has 0 radical (unpaired) electrons. The van der Waals surface area contributed by atoms with Gasteiger partial charge in [-0.3, -0.25) is 9.59 Å². The fourth-order valence-electron chi connectivity index (χ4n) is 2.07. The van der Waals surface area contributed by atoms with Crippen molar-refractivity contribution in [3.8, 4) is 0 Å². The summed E-state index contributed by atoms with van der Waals surface area (Å²) in [6.07, 6.45) is 0.603. The molecule has 0 unspecified atom stereocenters. The number of amides is 3. The van der Waals surface area contributed by atoms with Crippen LogP contribution < -0.4 is 16.0 Å². The summed E-state index contributed by atoms with van der Waals surface area (Å²) in [5, 5.41) is 8.10. The molecule has 1 aromatic carbocycles. The fourth-order valence-corrected chi connectivity index (χ4v) is 2.34. The van der Waals surface area contributed by atoms with Gasteiger partial charge in [-0.1, -0.05) is 28.1 Å². The average Bonchev–Trinajstić information content (AvgIpc) is 2.55. The van der Waals surface area contributed by atoms with E-state index in [0.29, 0.717) is 25.9 Å². The highest BCUT2D eigenvalue weighted by molar-refractivity contribution is 9.10. The Bertz CT molecular complexity index is 627. The lowest BCUT2D eigenvalue weighted by atomic mass is 10.1. The standard InChI is InChI=1S/C19H28BrN3O4/c1-19(2,3)27-18(26)23-12-9-16(24)21-10-4-11-22-17(25)13-14-5-7-15(20)8-6-14/h5-8H,4,9-13H2,1-3H3,(H,21,24)(H,22,25)(H,23,26). The Balaban J connectivity index is 2.05. The normalized spacial score (nSPS) is 10.8. The van der Waals surface area contributed by atoms with E-state index in [1.54, 1.807) is 20.8 Å². The summed E-state index contributed by atoms with van der Waals surface area (Å²) in [6.45, 7) is 6.49. The molecule has 1 aromatic rings. The number of carbonyl (C=O) groups is 3. The van der Waals surface area contributed by atoms with Crippen molar-refractivity contribution >= 4 is 33.8 Å². The van der Waals surface area contributed by atoms with Crippen LogP contribution in [0.4, 0.5) is 4.79 Å². The molecule has 1 rings (SSSR count). The van der Waals surface area contributed by atoms with E-state index in [2.05, 4.69) is 31.9 Å². The van der Waals surface area contributed by atoms with Crippen molar-refractivity contribution in [1.29, 1.82) is 0 Å². The zero-order valence-corrected chi connectivity index (χ0v) is 17.6. The van der Waals surface area contributed by atoms with Crippen LogP contribution in [-0.4, -0.2) is 43.1 Å². The van der Waals surface area contributed by atoms with Crippen LogP contribution in [0.25, 0.3) is 0 Å². The highest BCUT2D eigenvalue weighted by atomic mass is 79.9. The summed E-state index contributed by atoms with van der Waals surface area (Å²) < 4.78 is 6.05. The van der Waals surface area contributed by atoms with Crippen molar-refractivity contribution in [1.82, 2.24) is 16.0 Å².